The molecule has 0 bridgehead atoms. The van der Waals surface area contributed by atoms with Crippen LogP contribution in [0.5, 0.6) is 0 Å². The standard InChI is InChI=1S/C14H22N2OS/c1-11(10-18-2)9-16-14(17)13-6-4-3-5-12(13)7-8-15/h3-6,11H,7-10,15H2,1-2H3,(H,16,17). The van der Waals surface area contributed by atoms with Crippen LogP contribution in [-0.4, -0.2) is 31.0 Å². The van der Waals surface area contributed by atoms with Crippen molar-refractivity contribution in [1.29, 1.82) is 0 Å². The molecule has 0 saturated heterocycles. The second-order valence-corrected chi connectivity index (χ2v) is 5.38. The zero-order valence-electron chi connectivity index (χ0n) is 11.1. The number of rotatable bonds is 7. The van der Waals surface area contributed by atoms with Crippen LogP contribution < -0.4 is 11.1 Å². The monoisotopic (exact) mass is 266 g/mol. The Morgan fingerprint density at radius 3 is 2.83 bits per heavy atom. The Balaban J connectivity index is 2.60. The molecule has 3 nitrogen and oxygen atoms in total. The lowest BCUT2D eigenvalue weighted by atomic mass is 10.0. The molecule has 0 saturated carbocycles. The van der Waals surface area contributed by atoms with Crippen molar-refractivity contribution < 1.29 is 4.79 Å². The number of hydrogen-bond acceptors (Lipinski definition) is 3. The zero-order chi connectivity index (χ0) is 13.4. The molecule has 3 N–H and O–H groups in total. The fourth-order valence-electron chi connectivity index (χ4n) is 1.82. The van der Waals surface area contributed by atoms with Crippen LogP contribution in [0.2, 0.25) is 0 Å². The van der Waals surface area contributed by atoms with Gasteiger partial charge in [-0.05, 0) is 42.5 Å². The minimum atomic E-state index is 0.00648. The fraction of sp³-hybridized carbons (Fsp3) is 0.500. The van der Waals surface area contributed by atoms with Gasteiger partial charge in [-0.3, -0.25) is 4.79 Å². The van der Waals surface area contributed by atoms with E-state index in [9.17, 15) is 4.79 Å². The van der Waals surface area contributed by atoms with Gasteiger partial charge in [0.05, 0.1) is 0 Å². The number of thioether (sulfide) groups is 1. The summed E-state index contributed by atoms with van der Waals surface area (Å²) in [5.74, 6) is 1.56. The van der Waals surface area contributed by atoms with Crippen molar-refractivity contribution in [3.05, 3.63) is 35.4 Å². The van der Waals surface area contributed by atoms with E-state index in [4.69, 9.17) is 5.73 Å². The van der Waals surface area contributed by atoms with Crippen LogP contribution in [0.3, 0.4) is 0 Å². The number of nitrogens with two attached hydrogens (primary N) is 1. The number of hydrogen-bond donors (Lipinski definition) is 2. The van der Waals surface area contributed by atoms with Gasteiger partial charge in [-0.25, -0.2) is 0 Å². The van der Waals surface area contributed by atoms with Crippen LogP contribution in [0.1, 0.15) is 22.8 Å². The van der Waals surface area contributed by atoms with E-state index in [1.165, 1.54) is 0 Å². The normalized spacial score (nSPS) is 12.2. The highest BCUT2D eigenvalue weighted by Gasteiger charge is 2.11. The highest BCUT2D eigenvalue weighted by atomic mass is 32.2. The summed E-state index contributed by atoms with van der Waals surface area (Å²) < 4.78 is 0. The van der Waals surface area contributed by atoms with Crippen LogP contribution in [0.25, 0.3) is 0 Å². The maximum Gasteiger partial charge on any atom is 0.251 e. The van der Waals surface area contributed by atoms with Crippen LogP contribution in [0.4, 0.5) is 0 Å². The summed E-state index contributed by atoms with van der Waals surface area (Å²) in [5, 5.41) is 2.99. The number of nitrogens with one attached hydrogen (secondary N) is 1. The van der Waals surface area contributed by atoms with E-state index in [0.717, 1.165) is 29.8 Å². The molecule has 0 aliphatic heterocycles. The summed E-state index contributed by atoms with van der Waals surface area (Å²) in [6.07, 6.45) is 2.82. The Labute approximate surface area is 114 Å². The Hall–Kier alpha value is -1.00. The average molecular weight is 266 g/mol. The summed E-state index contributed by atoms with van der Waals surface area (Å²) in [4.78, 5) is 12.1. The van der Waals surface area contributed by atoms with Gasteiger partial charge in [0.2, 0.25) is 0 Å². The molecule has 18 heavy (non-hydrogen) atoms. The van der Waals surface area contributed by atoms with E-state index in [1.54, 1.807) is 11.8 Å². The SMILES string of the molecule is CSCC(C)CNC(=O)c1ccccc1CCN. The first-order valence-electron chi connectivity index (χ1n) is 6.24. The lowest BCUT2D eigenvalue weighted by molar-refractivity contribution is 0.0948. The molecule has 4 heteroatoms. The van der Waals surface area contributed by atoms with Crippen molar-refractivity contribution in [2.24, 2.45) is 11.7 Å². The molecule has 1 amide bonds. The fourth-order valence-corrected chi connectivity index (χ4v) is 2.51. The maximum absolute atomic E-state index is 12.1. The molecule has 0 aliphatic carbocycles. The molecule has 1 rings (SSSR count). The summed E-state index contributed by atoms with van der Waals surface area (Å²) in [6.45, 7) is 3.42. The van der Waals surface area contributed by atoms with Gasteiger partial charge in [0.25, 0.3) is 5.91 Å². The van der Waals surface area contributed by atoms with Crippen LogP contribution in [-0.2, 0) is 6.42 Å². The lowest BCUT2D eigenvalue weighted by Gasteiger charge is -2.13. The third kappa shape index (κ3) is 4.70. The van der Waals surface area contributed by atoms with Gasteiger partial charge in [-0.15, -0.1) is 0 Å². The van der Waals surface area contributed by atoms with Crippen molar-refractivity contribution in [3.63, 3.8) is 0 Å². The molecular weight excluding hydrogens is 244 g/mol. The molecule has 1 unspecified atom stereocenters. The summed E-state index contributed by atoms with van der Waals surface area (Å²) in [6, 6.07) is 7.66. The zero-order valence-corrected chi connectivity index (χ0v) is 11.9. The Kier molecular flexibility index (Phi) is 6.83. The van der Waals surface area contributed by atoms with Crippen molar-refractivity contribution in [2.45, 2.75) is 13.3 Å². The minimum Gasteiger partial charge on any atom is -0.352 e. The van der Waals surface area contributed by atoms with Gasteiger partial charge < -0.3 is 11.1 Å². The van der Waals surface area contributed by atoms with E-state index in [0.29, 0.717) is 12.5 Å². The third-order valence-corrected chi connectivity index (χ3v) is 3.64. The first-order valence-corrected chi connectivity index (χ1v) is 7.63. The number of carbonyl (C=O) groups is 1. The maximum atomic E-state index is 12.1. The second-order valence-electron chi connectivity index (χ2n) is 4.47. The van der Waals surface area contributed by atoms with Crippen molar-refractivity contribution in [3.8, 4) is 0 Å². The van der Waals surface area contributed by atoms with E-state index in [2.05, 4.69) is 18.5 Å². The number of amides is 1. The molecular formula is C14H22N2OS. The first-order chi connectivity index (χ1) is 8.69. The molecule has 0 fully saturated rings. The largest absolute Gasteiger partial charge is 0.352 e. The topological polar surface area (TPSA) is 55.1 Å². The van der Waals surface area contributed by atoms with Gasteiger partial charge >= 0.3 is 0 Å². The van der Waals surface area contributed by atoms with Gasteiger partial charge in [0.15, 0.2) is 0 Å². The summed E-state index contributed by atoms with van der Waals surface area (Å²) >= 11 is 1.80. The molecule has 100 valence electrons. The summed E-state index contributed by atoms with van der Waals surface area (Å²) in [5.41, 5.74) is 7.33. The molecule has 0 spiro atoms. The number of carbonyl (C=O) groups excluding carboxylic acids is 1. The Morgan fingerprint density at radius 1 is 1.44 bits per heavy atom. The third-order valence-electron chi connectivity index (χ3n) is 2.74. The van der Waals surface area contributed by atoms with E-state index >= 15 is 0 Å². The second kappa shape index (κ2) is 8.16. The van der Waals surface area contributed by atoms with Gasteiger partial charge in [-0.1, -0.05) is 25.1 Å². The highest BCUT2D eigenvalue weighted by Crippen LogP contribution is 2.09. The van der Waals surface area contributed by atoms with Crippen LogP contribution >= 0.6 is 11.8 Å². The Morgan fingerprint density at radius 2 is 2.17 bits per heavy atom. The molecule has 0 radical (unpaired) electrons. The lowest BCUT2D eigenvalue weighted by Crippen LogP contribution is -2.30. The van der Waals surface area contributed by atoms with Gasteiger partial charge in [-0.2, -0.15) is 11.8 Å². The van der Waals surface area contributed by atoms with E-state index in [-0.39, 0.29) is 5.91 Å². The minimum absolute atomic E-state index is 0.00648. The highest BCUT2D eigenvalue weighted by molar-refractivity contribution is 7.98. The molecule has 0 aliphatic rings. The molecule has 1 aromatic carbocycles. The quantitative estimate of drug-likeness (QED) is 0.793. The van der Waals surface area contributed by atoms with Crippen LogP contribution in [0.15, 0.2) is 24.3 Å². The van der Waals surface area contributed by atoms with E-state index in [1.807, 2.05) is 24.3 Å². The molecule has 1 atom stereocenters. The van der Waals surface area contributed by atoms with E-state index < -0.39 is 0 Å². The van der Waals surface area contributed by atoms with Crippen molar-refractivity contribution in [2.75, 3.05) is 25.1 Å². The molecule has 0 aromatic heterocycles. The predicted molar refractivity (Wildman–Crippen MR) is 79.1 cm³/mol. The van der Waals surface area contributed by atoms with Crippen molar-refractivity contribution in [1.82, 2.24) is 5.32 Å². The Bertz CT molecular complexity index is 382. The van der Waals surface area contributed by atoms with Crippen LogP contribution in [0, 0.1) is 5.92 Å². The van der Waals surface area contributed by atoms with Crippen molar-refractivity contribution >= 4 is 17.7 Å². The van der Waals surface area contributed by atoms with Gasteiger partial charge in [0.1, 0.15) is 0 Å². The molecule has 0 heterocycles. The average Bonchev–Trinajstić information content (AvgIpc) is 2.37. The predicted octanol–water partition coefficient (Wildman–Crippen LogP) is 1.92. The number of benzene rings is 1. The first kappa shape index (κ1) is 15.1. The summed E-state index contributed by atoms with van der Waals surface area (Å²) in [7, 11) is 0. The molecule has 1 aromatic rings. The smallest absolute Gasteiger partial charge is 0.251 e. The van der Waals surface area contributed by atoms with Gasteiger partial charge in [0, 0.05) is 12.1 Å².